The first-order valence-corrected chi connectivity index (χ1v) is 10.1. The standard InChI is InChI=1S/C23H27N3O4/c1-4-15(2)17-8-5-6-9-20(17)25-23(29)24-16-10-11-18-19(14-16)22(28)26(21(18)27)12-7-13-30-3/h5-6,8-11,14-15H,4,7,12-13H2,1-3H3,(H2,24,25,29). The van der Waals surface area contributed by atoms with E-state index in [1.165, 1.54) is 4.90 Å². The van der Waals surface area contributed by atoms with Crippen molar-refractivity contribution in [3.8, 4) is 0 Å². The number of carbonyl (C=O) groups excluding carboxylic acids is 3. The number of para-hydroxylation sites is 1. The van der Waals surface area contributed by atoms with Gasteiger partial charge < -0.3 is 15.4 Å². The predicted molar refractivity (Wildman–Crippen MR) is 116 cm³/mol. The second-order valence-corrected chi connectivity index (χ2v) is 7.34. The van der Waals surface area contributed by atoms with Crippen LogP contribution < -0.4 is 10.6 Å². The topological polar surface area (TPSA) is 87.7 Å². The highest BCUT2D eigenvalue weighted by Crippen LogP contribution is 2.28. The van der Waals surface area contributed by atoms with Gasteiger partial charge in [0.15, 0.2) is 0 Å². The van der Waals surface area contributed by atoms with Crippen LogP contribution in [-0.2, 0) is 4.74 Å². The van der Waals surface area contributed by atoms with E-state index in [-0.39, 0.29) is 11.8 Å². The molecule has 0 aliphatic carbocycles. The minimum Gasteiger partial charge on any atom is -0.385 e. The van der Waals surface area contributed by atoms with Crippen molar-refractivity contribution in [1.82, 2.24) is 4.90 Å². The molecule has 2 N–H and O–H groups in total. The fourth-order valence-corrected chi connectivity index (χ4v) is 3.48. The Morgan fingerprint density at radius 3 is 2.53 bits per heavy atom. The zero-order valence-corrected chi connectivity index (χ0v) is 17.5. The molecule has 0 spiro atoms. The number of urea groups is 1. The number of hydrogen-bond acceptors (Lipinski definition) is 4. The van der Waals surface area contributed by atoms with Crippen LogP contribution in [0.2, 0.25) is 0 Å². The van der Waals surface area contributed by atoms with Gasteiger partial charge in [0.05, 0.1) is 11.1 Å². The van der Waals surface area contributed by atoms with E-state index in [2.05, 4.69) is 24.5 Å². The fraction of sp³-hybridized carbons (Fsp3) is 0.348. The lowest BCUT2D eigenvalue weighted by atomic mass is 9.97. The maximum Gasteiger partial charge on any atom is 0.323 e. The van der Waals surface area contributed by atoms with Gasteiger partial charge in [-0.3, -0.25) is 14.5 Å². The largest absolute Gasteiger partial charge is 0.385 e. The Hall–Kier alpha value is -3.19. The van der Waals surface area contributed by atoms with Crippen molar-refractivity contribution in [3.05, 3.63) is 59.2 Å². The molecule has 0 bridgehead atoms. The third kappa shape index (κ3) is 4.52. The van der Waals surface area contributed by atoms with Gasteiger partial charge in [-0.1, -0.05) is 32.0 Å². The van der Waals surface area contributed by atoms with Crippen LogP contribution in [-0.4, -0.2) is 43.0 Å². The van der Waals surface area contributed by atoms with E-state index >= 15 is 0 Å². The summed E-state index contributed by atoms with van der Waals surface area (Å²) in [5.74, 6) is -0.351. The van der Waals surface area contributed by atoms with Crippen LogP contribution in [0.1, 0.15) is 58.9 Å². The molecule has 30 heavy (non-hydrogen) atoms. The van der Waals surface area contributed by atoms with Crippen molar-refractivity contribution in [3.63, 3.8) is 0 Å². The van der Waals surface area contributed by atoms with Crippen molar-refractivity contribution in [1.29, 1.82) is 0 Å². The number of benzene rings is 2. The van der Waals surface area contributed by atoms with E-state index in [4.69, 9.17) is 4.74 Å². The molecule has 2 aromatic rings. The molecule has 7 nitrogen and oxygen atoms in total. The van der Waals surface area contributed by atoms with Gasteiger partial charge >= 0.3 is 6.03 Å². The molecule has 3 rings (SSSR count). The van der Waals surface area contributed by atoms with Crippen molar-refractivity contribution in [2.75, 3.05) is 30.9 Å². The molecule has 0 saturated heterocycles. The highest BCUT2D eigenvalue weighted by Gasteiger charge is 2.35. The number of nitrogens with zero attached hydrogens (tertiary/aromatic N) is 1. The van der Waals surface area contributed by atoms with Crippen LogP contribution >= 0.6 is 0 Å². The number of anilines is 2. The number of methoxy groups -OCH3 is 1. The Morgan fingerprint density at radius 1 is 1.07 bits per heavy atom. The summed E-state index contributed by atoms with van der Waals surface area (Å²) in [7, 11) is 1.58. The normalized spacial score (nSPS) is 13.9. The first kappa shape index (κ1) is 21.5. The molecule has 4 amide bonds. The van der Waals surface area contributed by atoms with Crippen molar-refractivity contribution in [2.24, 2.45) is 0 Å². The lowest BCUT2D eigenvalue weighted by molar-refractivity contribution is 0.0638. The molecule has 1 aliphatic rings. The Bertz CT molecular complexity index is 957. The minimum absolute atomic E-state index is 0.301. The van der Waals surface area contributed by atoms with Gasteiger partial charge in [0.2, 0.25) is 0 Å². The molecule has 1 atom stereocenters. The highest BCUT2D eigenvalue weighted by atomic mass is 16.5. The molecule has 0 radical (unpaired) electrons. The van der Waals surface area contributed by atoms with Crippen LogP contribution in [0.3, 0.4) is 0 Å². The minimum atomic E-state index is -0.403. The molecule has 1 unspecified atom stereocenters. The van der Waals surface area contributed by atoms with E-state index in [1.54, 1.807) is 25.3 Å². The van der Waals surface area contributed by atoms with Crippen LogP contribution in [0.5, 0.6) is 0 Å². The lowest BCUT2D eigenvalue weighted by Crippen LogP contribution is -2.31. The maximum absolute atomic E-state index is 12.6. The first-order chi connectivity index (χ1) is 14.5. The van der Waals surface area contributed by atoms with E-state index < -0.39 is 6.03 Å². The van der Waals surface area contributed by atoms with Crippen LogP contribution in [0.4, 0.5) is 16.2 Å². The third-order valence-electron chi connectivity index (χ3n) is 5.31. The van der Waals surface area contributed by atoms with Gasteiger partial charge in [0, 0.05) is 31.6 Å². The van der Waals surface area contributed by atoms with Gasteiger partial charge in [0.1, 0.15) is 0 Å². The molecule has 7 heteroatoms. The number of ether oxygens (including phenoxy) is 1. The van der Waals surface area contributed by atoms with Crippen molar-refractivity contribution < 1.29 is 19.1 Å². The predicted octanol–water partition coefficient (Wildman–Crippen LogP) is 4.48. The second-order valence-electron chi connectivity index (χ2n) is 7.34. The van der Waals surface area contributed by atoms with Crippen molar-refractivity contribution in [2.45, 2.75) is 32.6 Å². The number of carbonyl (C=O) groups is 3. The molecule has 2 aromatic carbocycles. The number of imide groups is 1. The molecule has 0 aromatic heterocycles. The maximum atomic E-state index is 12.6. The average Bonchev–Trinajstić information content (AvgIpc) is 2.98. The first-order valence-electron chi connectivity index (χ1n) is 10.1. The van der Waals surface area contributed by atoms with Gasteiger partial charge in [-0.05, 0) is 48.6 Å². The van der Waals surface area contributed by atoms with E-state index in [9.17, 15) is 14.4 Å². The van der Waals surface area contributed by atoms with Gasteiger partial charge in [-0.15, -0.1) is 0 Å². The number of rotatable bonds is 8. The van der Waals surface area contributed by atoms with Gasteiger partial charge in [-0.25, -0.2) is 4.79 Å². The summed E-state index contributed by atoms with van der Waals surface area (Å²) in [6.45, 7) is 4.98. The average molecular weight is 409 g/mol. The fourth-order valence-electron chi connectivity index (χ4n) is 3.48. The summed E-state index contributed by atoms with van der Waals surface area (Å²) in [5, 5.41) is 5.63. The van der Waals surface area contributed by atoms with Crippen molar-refractivity contribution >= 4 is 29.2 Å². The Kier molecular flexibility index (Phi) is 6.84. The second kappa shape index (κ2) is 9.54. The summed E-state index contributed by atoms with van der Waals surface area (Å²) in [4.78, 5) is 38.8. The quantitative estimate of drug-likeness (QED) is 0.497. The zero-order chi connectivity index (χ0) is 21.7. The summed E-state index contributed by atoms with van der Waals surface area (Å²) in [6.07, 6.45) is 1.53. The molecule has 1 heterocycles. The SMILES string of the molecule is CCC(C)c1ccccc1NC(=O)Nc1ccc2c(c1)C(=O)N(CCCOC)C2=O. The molecule has 1 aliphatic heterocycles. The lowest BCUT2D eigenvalue weighted by Gasteiger charge is -2.16. The summed E-state index contributed by atoms with van der Waals surface area (Å²) in [6, 6.07) is 12.0. The highest BCUT2D eigenvalue weighted by molar-refractivity contribution is 6.22. The van der Waals surface area contributed by atoms with E-state index in [1.807, 2.05) is 24.3 Å². The summed E-state index contributed by atoms with van der Waals surface area (Å²) in [5.41, 5.74) is 2.92. The summed E-state index contributed by atoms with van der Waals surface area (Å²) < 4.78 is 4.99. The summed E-state index contributed by atoms with van der Waals surface area (Å²) >= 11 is 0. The number of fused-ring (bicyclic) bond motifs is 1. The van der Waals surface area contributed by atoms with Gasteiger partial charge in [-0.2, -0.15) is 0 Å². The Labute approximate surface area is 176 Å². The number of amides is 4. The zero-order valence-electron chi connectivity index (χ0n) is 17.5. The molecule has 0 saturated carbocycles. The number of hydrogen-bond donors (Lipinski definition) is 2. The van der Waals surface area contributed by atoms with E-state index in [0.29, 0.717) is 42.3 Å². The Morgan fingerprint density at radius 2 is 1.80 bits per heavy atom. The van der Waals surface area contributed by atoms with E-state index in [0.717, 1.165) is 17.7 Å². The third-order valence-corrected chi connectivity index (χ3v) is 5.31. The molecule has 158 valence electrons. The monoisotopic (exact) mass is 409 g/mol. The molecular formula is C23H27N3O4. The van der Waals surface area contributed by atoms with Crippen LogP contribution in [0.25, 0.3) is 0 Å². The smallest absolute Gasteiger partial charge is 0.323 e. The molecule has 0 fully saturated rings. The molecular weight excluding hydrogens is 382 g/mol. The number of nitrogens with one attached hydrogen (secondary N) is 2. The Balaban J connectivity index is 1.71. The van der Waals surface area contributed by atoms with Gasteiger partial charge in [0.25, 0.3) is 11.8 Å². The van der Waals surface area contributed by atoms with Crippen LogP contribution in [0.15, 0.2) is 42.5 Å². The van der Waals surface area contributed by atoms with Crippen LogP contribution in [0, 0.1) is 0 Å².